The number of nitrogens with zero attached hydrogens (tertiary/aromatic N) is 3. The average Bonchev–Trinajstić information content (AvgIpc) is 3.04. The van der Waals surface area contributed by atoms with Crippen molar-refractivity contribution in [2.75, 3.05) is 30.3 Å². The summed E-state index contributed by atoms with van der Waals surface area (Å²) >= 11 is 0. The van der Waals surface area contributed by atoms with Crippen LogP contribution in [0.25, 0.3) is 0 Å². The number of anilines is 2. The third kappa shape index (κ3) is 3.42. The molecule has 24 heavy (non-hydrogen) atoms. The highest BCUT2D eigenvalue weighted by Crippen LogP contribution is 2.25. The van der Waals surface area contributed by atoms with Crippen molar-refractivity contribution in [3.63, 3.8) is 0 Å². The van der Waals surface area contributed by atoms with Crippen LogP contribution in [-0.2, 0) is 0 Å². The van der Waals surface area contributed by atoms with E-state index >= 15 is 0 Å². The van der Waals surface area contributed by atoms with Crippen LogP contribution in [-0.4, -0.2) is 35.5 Å². The molecular formula is C16H17F2N5O. The molecule has 3 N–H and O–H groups in total. The summed E-state index contributed by atoms with van der Waals surface area (Å²) in [6.07, 6.45) is 3.67. The second-order valence-corrected chi connectivity index (χ2v) is 5.70. The van der Waals surface area contributed by atoms with Crippen LogP contribution < -0.4 is 16.0 Å². The molecule has 0 spiro atoms. The van der Waals surface area contributed by atoms with E-state index in [0.717, 1.165) is 19.0 Å². The van der Waals surface area contributed by atoms with Crippen molar-refractivity contribution in [3.05, 3.63) is 47.9 Å². The number of hydrogen-bond donors (Lipinski definition) is 2. The van der Waals surface area contributed by atoms with Gasteiger partial charge in [-0.1, -0.05) is 0 Å². The topological polar surface area (TPSA) is 84.1 Å². The van der Waals surface area contributed by atoms with Gasteiger partial charge in [-0.05, 0) is 24.5 Å². The third-order valence-corrected chi connectivity index (χ3v) is 4.05. The number of aromatic nitrogens is 2. The highest BCUT2D eigenvalue weighted by Gasteiger charge is 2.24. The predicted octanol–water partition coefficient (Wildman–Crippen LogP) is 1.59. The lowest BCUT2D eigenvalue weighted by molar-refractivity contribution is 0.0944. The summed E-state index contributed by atoms with van der Waals surface area (Å²) in [6.45, 7) is 1.83. The number of carbonyl (C=O) groups is 1. The van der Waals surface area contributed by atoms with E-state index in [4.69, 9.17) is 5.73 Å². The molecule has 1 fully saturated rings. The number of hydrogen-bond acceptors (Lipinski definition) is 5. The Morgan fingerprint density at radius 3 is 2.83 bits per heavy atom. The van der Waals surface area contributed by atoms with E-state index in [1.54, 1.807) is 6.07 Å². The largest absolute Gasteiger partial charge is 0.382 e. The Balaban J connectivity index is 1.56. The number of nitrogens with one attached hydrogen (secondary N) is 1. The minimum Gasteiger partial charge on any atom is -0.382 e. The first-order valence-electron chi connectivity index (χ1n) is 7.59. The van der Waals surface area contributed by atoms with Crippen LogP contribution in [0, 0.1) is 17.6 Å². The molecule has 1 saturated heterocycles. The molecule has 3 rings (SSSR count). The first kappa shape index (κ1) is 16.1. The molecule has 8 heteroatoms. The Hall–Kier alpha value is -2.77. The van der Waals surface area contributed by atoms with Crippen molar-refractivity contribution in [2.45, 2.75) is 6.42 Å². The Labute approximate surface area is 137 Å². The summed E-state index contributed by atoms with van der Waals surface area (Å²) in [5, 5.41) is 2.79. The molecule has 126 valence electrons. The van der Waals surface area contributed by atoms with Gasteiger partial charge in [-0.2, -0.15) is 0 Å². The van der Waals surface area contributed by atoms with Gasteiger partial charge in [0.25, 0.3) is 5.91 Å². The number of nitrogens with two attached hydrogens (primary N) is 1. The Morgan fingerprint density at radius 1 is 1.29 bits per heavy atom. The van der Waals surface area contributed by atoms with Gasteiger partial charge in [0.05, 0.1) is 0 Å². The van der Waals surface area contributed by atoms with Crippen LogP contribution >= 0.6 is 0 Å². The zero-order chi connectivity index (χ0) is 17.1. The second-order valence-electron chi connectivity index (χ2n) is 5.70. The van der Waals surface area contributed by atoms with E-state index < -0.39 is 11.6 Å². The summed E-state index contributed by atoms with van der Waals surface area (Å²) < 4.78 is 26.3. The number of carbonyl (C=O) groups excluding carboxylic acids is 1. The lowest BCUT2D eigenvalue weighted by Gasteiger charge is -2.19. The first-order chi connectivity index (χ1) is 11.5. The van der Waals surface area contributed by atoms with Crippen molar-refractivity contribution >= 4 is 17.4 Å². The van der Waals surface area contributed by atoms with E-state index in [0.29, 0.717) is 18.8 Å². The molecule has 1 unspecified atom stereocenters. The highest BCUT2D eigenvalue weighted by atomic mass is 19.2. The first-order valence-corrected chi connectivity index (χ1v) is 7.59. The van der Waals surface area contributed by atoms with Gasteiger partial charge in [-0.3, -0.25) is 4.79 Å². The quantitative estimate of drug-likeness (QED) is 0.888. The molecule has 6 nitrogen and oxygen atoms in total. The summed E-state index contributed by atoms with van der Waals surface area (Å²) in [4.78, 5) is 21.8. The van der Waals surface area contributed by atoms with Crippen molar-refractivity contribution in [3.8, 4) is 0 Å². The summed E-state index contributed by atoms with van der Waals surface area (Å²) in [6, 6.07) is 3.87. The average molecular weight is 333 g/mol. The van der Waals surface area contributed by atoms with Crippen LogP contribution in [0.15, 0.2) is 30.6 Å². The van der Waals surface area contributed by atoms with Crippen LogP contribution in [0.1, 0.15) is 16.9 Å². The molecule has 0 saturated carbocycles. The Kier molecular flexibility index (Phi) is 4.54. The van der Waals surface area contributed by atoms with E-state index in [-0.39, 0.29) is 23.3 Å². The number of halogens is 2. The zero-order valence-electron chi connectivity index (χ0n) is 12.9. The fourth-order valence-corrected chi connectivity index (χ4v) is 2.76. The van der Waals surface area contributed by atoms with E-state index in [9.17, 15) is 13.6 Å². The third-order valence-electron chi connectivity index (χ3n) is 4.05. The van der Waals surface area contributed by atoms with Gasteiger partial charge in [0.1, 0.15) is 0 Å². The van der Waals surface area contributed by atoms with Gasteiger partial charge in [0.15, 0.2) is 23.1 Å². The van der Waals surface area contributed by atoms with Gasteiger partial charge in [0.2, 0.25) is 0 Å². The predicted molar refractivity (Wildman–Crippen MR) is 85.5 cm³/mol. The maximum absolute atomic E-state index is 13.3. The normalized spacial score (nSPS) is 17.1. The Morgan fingerprint density at radius 2 is 2.08 bits per heavy atom. The van der Waals surface area contributed by atoms with Crippen LogP contribution in [0.3, 0.4) is 0 Å². The molecule has 0 radical (unpaired) electrons. The smallest absolute Gasteiger partial charge is 0.273 e. The van der Waals surface area contributed by atoms with Gasteiger partial charge in [0, 0.05) is 43.8 Å². The molecule has 1 aromatic carbocycles. The molecular weight excluding hydrogens is 316 g/mol. The number of amides is 1. The molecule has 0 bridgehead atoms. The summed E-state index contributed by atoms with van der Waals surface area (Å²) in [5.74, 6) is -1.79. The number of benzene rings is 1. The van der Waals surface area contributed by atoms with Gasteiger partial charge >= 0.3 is 0 Å². The molecule has 1 aliphatic rings. The summed E-state index contributed by atoms with van der Waals surface area (Å²) in [7, 11) is 0. The number of rotatable bonds is 4. The van der Waals surface area contributed by atoms with Gasteiger partial charge in [-0.15, -0.1) is 0 Å². The van der Waals surface area contributed by atoms with Crippen molar-refractivity contribution < 1.29 is 13.6 Å². The van der Waals surface area contributed by atoms with E-state index in [2.05, 4.69) is 15.3 Å². The fraction of sp³-hybridized carbons (Fsp3) is 0.312. The van der Waals surface area contributed by atoms with Crippen LogP contribution in [0.5, 0.6) is 0 Å². The molecule has 1 aromatic heterocycles. The lowest BCUT2D eigenvalue weighted by atomic mass is 10.1. The molecule has 1 atom stereocenters. The van der Waals surface area contributed by atoms with Crippen LogP contribution in [0.2, 0.25) is 0 Å². The van der Waals surface area contributed by atoms with Crippen LogP contribution in [0.4, 0.5) is 20.3 Å². The molecule has 1 amide bonds. The van der Waals surface area contributed by atoms with Gasteiger partial charge < -0.3 is 16.0 Å². The Bertz CT molecular complexity index is 755. The highest BCUT2D eigenvalue weighted by molar-refractivity contribution is 5.96. The zero-order valence-corrected chi connectivity index (χ0v) is 12.9. The second kappa shape index (κ2) is 6.77. The molecule has 2 heterocycles. The molecule has 2 aromatic rings. The minimum atomic E-state index is -0.859. The summed E-state index contributed by atoms with van der Waals surface area (Å²) in [5.41, 5.74) is 6.37. The molecule has 0 aliphatic carbocycles. The maximum Gasteiger partial charge on any atom is 0.273 e. The fourth-order valence-electron chi connectivity index (χ4n) is 2.76. The van der Waals surface area contributed by atoms with E-state index in [1.807, 2.05) is 4.90 Å². The monoisotopic (exact) mass is 333 g/mol. The minimum absolute atomic E-state index is 0.0878. The van der Waals surface area contributed by atoms with Crippen molar-refractivity contribution in [2.24, 2.45) is 5.92 Å². The lowest BCUT2D eigenvalue weighted by Crippen LogP contribution is -2.32. The maximum atomic E-state index is 13.3. The van der Waals surface area contributed by atoms with Crippen molar-refractivity contribution in [1.82, 2.24) is 15.3 Å². The number of nitrogen functional groups attached to an aromatic ring is 1. The SMILES string of the molecule is Nc1nccnc1C(=O)NCC1CCN(c2ccc(F)c(F)c2)C1. The standard InChI is InChI=1S/C16H17F2N5O/c17-12-2-1-11(7-13(12)18)23-6-3-10(9-23)8-22-16(24)14-15(19)21-5-4-20-14/h1-2,4-5,7,10H,3,6,8-9H2,(H2,19,21)(H,22,24). The molecule has 1 aliphatic heterocycles. The van der Waals surface area contributed by atoms with E-state index in [1.165, 1.54) is 18.5 Å². The van der Waals surface area contributed by atoms with Crippen molar-refractivity contribution in [1.29, 1.82) is 0 Å². The van der Waals surface area contributed by atoms with Gasteiger partial charge in [-0.25, -0.2) is 18.7 Å².